The fourth-order valence-corrected chi connectivity index (χ4v) is 2.24. The van der Waals surface area contributed by atoms with E-state index in [1.165, 1.54) is 38.5 Å². The van der Waals surface area contributed by atoms with Crippen molar-refractivity contribution in [2.24, 2.45) is 0 Å². The van der Waals surface area contributed by atoms with E-state index in [0.29, 0.717) is 0 Å². The molecule has 0 aromatic rings. The van der Waals surface area contributed by atoms with Crippen molar-refractivity contribution in [1.29, 1.82) is 0 Å². The molecule has 72 valence electrons. The van der Waals surface area contributed by atoms with E-state index in [0.717, 1.165) is 5.25 Å². The van der Waals surface area contributed by atoms with Gasteiger partial charge in [-0.3, -0.25) is 0 Å². The topological polar surface area (TPSA) is 0 Å². The zero-order valence-electron chi connectivity index (χ0n) is 8.51. The van der Waals surface area contributed by atoms with Crippen LogP contribution in [0.4, 0.5) is 0 Å². The van der Waals surface area contributed by atoms with Gasteiger partial charge in [-0.25, -0.2) is 0 Å². The number of thioether (sulfide) groups is 1. The summed E-state index contributed by atoms with van der Waals surface area (Å²) in [5.41, 5.74) is 0. The Kier molecular flexibility index (Phi) is 9.25. The minimum absolute atomic E-state index is 0.903. The van der Waals surface area contributed by atoms with Gasteiger partial charge in [0.2, 0.25) is 0 Å². The second-order valence-corrected chi connectivity index (χ2v) is 4.36. The van der Waals surface area contributed by atoms with Crippen molar-refractivity contribution in [3.63, 3.8) is 0 Å². The standard InChI is InChI=1S/C11H22S/c1-4-6-7-8-10-11(12-3)9-5-2/h4,11H,1,5-10H2,2-3H3. The van der Waals surface area contributed by atoms with Crippen LogP contribution in [0.15, 0.2) is 12.7 Å². The van der Waals surface area contributed by atoms with Gasteiger partial charge in [0.05, 0.1) is 0 Å². The molecule has 0 spiro atoms. The lowest BCUT2D eigenvalue weighted by Gasteiger charge is -2.11. The Balaban J connectivity index is 3.24. The Morgan fingerprint density at radius 2 is 2.08 bits per heavy atom. The van der Waals surface area contributed by atoms with Crippen molar-refractivity contribution < 1.29 is 0 Å². The number of hydrogen-bond acceptors (Lipinski definition) is 1. The molecule has 0 saturated carbocycles. The summed E-state index contributed by atoms with van der Waals surface area (Å²) < 4.78 is 0. The molecule has 0 rings (SSSR count). The van der Waals surface area contributed by atoms with E-state index in [-0.39, 0.29) is 0 Å². The lowest BCUT2D eigenvalue weighted by Crippen LogP contribution is -2.00. The Hall–Kier alpha value is 0.0900. The van der Waals surface area contributed by atoms with Crippen LogP contribution in [0.25, 0.3) is 0 Å². The highest BCUT2D eigenvalue weighted by molar-refractivity contribution is 7.99. The zero-order valence-corrected chi connectivity index (χ0v) is 9.33. The van der Waals surface area contributed by atoms with Crippen molar-refractivity contribution >= 4 is 11.8 Å². The summed E-state index contributed by atoms with van der Waals surface area (Å²) >= 11 is 2.03. The van der Waals surface area contributed by atoms with E-state index in [2.05, 4.69) is 19.8 Å². The van der Waals surface area contributed by atoms with Crippen LogP contribution in [0.3, 0.4) is 0 Å². The summed E-state index contributed by atoms with van der Waals surface area (Å²) in [5, 5.41) is 0.903. The van der Waals surface area contributed by atoms with Crippen LogP contribution in [-0.4, -0.2) is 11.5 Å². The van der Waals surface area contributed by atoms with Gasteiger partial charge in [0, 0.05) is 5.25 Å². The van der Waals surface area contributed by atoms with E-state index in [4.69, 9.17) is 0 Å². The lowest BCUT2D eigenvalue weighted by atomic mass is 10.1. The average Bonchev–Trinajstić information content (AvgIpc) is 2.10. The summed E-state index contributed by atoms with van der Waals surface area (Å²) in [5.74, 6) is 0. The van der Waals surface area contributed by atoms with E-state index in [9.17, 15) is 0 Å². The normalized spacial score (nSPS) is 12.8. The first-order chi connectivity index (χ1) is 5.85. The second-order valence-electron chi connectivity index (χ2n) is 3.22. The molecule has 0 fully saturated rings. The molecule has 0 nitrogen and oxygen atoms in total. The fourth-order valence-electron chi connectivity index (χ4n) is 1.36. The second kappa shape index (κ2) is 9.18. The lowest BCUT2D eigenvalue weighted by molar-refractivity contribution is 0.625. The number of rotatable bonds is 8. The van der Waals surface area contributed by atoms with Gasteiger partial charge >= 0.3 is 0 Å². The summed E-state index contributed by atoms with van der Waals surface area (Å²) in [4.78, 5) is 0. The highest BCUT2D eigenvalue weighted by Crippen LogP contribution is 2.19. The third-order valence-corrected chi connectivity index (χ3v) is 3.27. The SMILES string of the molecule is C=CCCCCC(CCC)SC. The summed E-state index contributed by atoms with van der Waals surface area (Å²) in [7, 11) is 0. The molecule has 0 aliphatic heterocycles. The van der Waals surface area contributed by atoms with Crippen LogP contribution >= 0.6 is 11.8 Å². The molecule has 0 N–H and O–H groups in total. The maximum absolute atomic E-state index is 3.73. The van der Waals surface area contributed by atoms with Crippen LogP contribution in [0, 0.1) is 0 Å². The Morgan fingerprint density at radius 3 is 2.58 bits per heavy atom. The molecule has 0 amide bonds. The minimum atomic E-state index is 0.903. The van der Waals surface area contributed by atoms with Gasteiger partial charge in [-0.05, 0) is 31.9 Å². The van der Waals surface area contributed by atoms with Gasteiger partial charge < -0.3 is 0 Å². The molecule has 0 radical (unpaired) electrons. The van der Waals surface area contributed by atoms with Gasteiger partial charge in [-0.1, -0.05) is 25.8 Å². The average molecular weight is 186 g/mol. The smallest absolute Gasteiger partial charge is 0.00441 e. The zero-order chi connectivity index (χ0) is 9.23. The largest absolute Gasteiger partial charge is 0.162 e. The first-order valence-electron chi connectivity index (χ1n) is 4.98. The molecule has 1 atom stereocenters. The van der Waals surface area contributed by atoms with Crippen molar-refractivity contribution in [3.05, 3.63) is 12.7 Å². The van der Waals surface area contributed by atoms with Crippen molar-refractivity contribution in [3.8, 4) is 0 Å². The Morgan fingerprint density at radius 1 is 1.33 bits per heavy atom. The molecule has 1 unspecified atom stereocenters. The molecular weight excluding hydrogens is 164 g/mol. The fraction of sp³-hybridized carbons (Fsp3) is 0.818. The predicted molar refractivity (Wildman–Crippen MR) is 60.9 cm³/mol. The quantitative estimate of drug-likeness (QED) is 0.403. The summed E-state index contributed by atoms with van der Waals surface area (Å²) in [6.07, 6.45) is 12.2. The van der Waals surface area contributed by atoms with Crippen LogP contribution in [0.2, 0.25) is 0 Å². The van der Waals surface area contributed by atoms with E-state index in [1.54, 1.807) is 0 Å². The van der Waals surface area contributed by atoms with Crippen LogP contribution < -0.4 is 0 Å². The molecule has 0 heterocycles. The number of unbranched alkanes of at least 4 members (excludes halogenated alkanes) is 2. The molecular formula is C11H22S. The van der Waals surface area contributed by atoms with Crippen molar-refractivity contribution in [2.45, 2.75) is 50.7 Å². The molecule has 0 aliphatic rings. The molecule has 0 bridgehead atoms. The third kappa shape index (κ3) is 6.78. The van der Waals surface area contributed by atoms with Gasteiger partial charge in [0.1, 0.15) is 0 Å². The van der Waals surface area contributed by atoms with Crippen molar-refractivity contribution in [1.82, 2.24) is 0 Å². The van der Waals surface area contributed by atoms with E-state index < -0.39 is 0 Å². The monoisotopic (exact) mass is 186 g/mol. The van der Waals surface area contributed by atoms with Gasteiger partial charge in [-0.15, -0.1) is 6.58 Å². The number of allylic oxidation sites excluding steroid dienone is 1. The first kappa shape index (κ1) is 12.1. The molecule has 0 aromatic carbocycles. The van der Waals surface area contributed by atoms with Crippen LogP contribution in [0.5, 0.6) is 0 Å². The number of hydrogen-bond donors (Lipinski definition) is 0. The predicted octanol–water partition coefficient (Wildman–Crippen LogP) is 4.26. The van der Waals surface area contributed by atoms with Crippen LogP contribution in [0.1, 0.15) is 45.4 Å². The minimum Gasteiger partial charge on any atom is -0.162 e. The highest BCUT2D eigenvalue weighted by Gasteiger charge is 2.03. The van der Waals surface area contributed by atoms with Gasteiger partial charge in [0.15, 0.2) is 0 Å². The highest BCUT2D eigenvalue weighted by atomic mass is 32.2. The Labute approximate surface area is 81.8 Å². The van der Waals surface area contributed by atoms with Gasteiger partial charge in [0.25, 0.3) is 0 Å². The van der Waals surface area contributed by atoms with E-state index >= 15 is 0 Å². The molecule has 0 saturated heterocycles. The van der Waals surface area contributed by atoms with Crippen LogP contribution in [-0.2, 0) is 0 Å². The molecule has 0 aromatic heterocycles. The maximum Gasteiger partial charge on any atom is 0.00441 e. The summed E-state index contributed by atoms with van der Waals surface area (Å²) in [6.45, 7) is 6.00. The molecule has 0 aliphatic carbocycles. The first-order valence-corrected chi connectivity index (χ1v) is 6.27. The van der Waals surface area contributed by atoms with E-state index in [1.807, 2.05) is 17.8 Å². The third-order valence-electron chi connectivity index (χ3n) is 2.13. The van der Waals surface area contributed by atoms with Gasteiger partial charge in [-0.2, -0.15) is 11.8 Å². The molecule has 1 heteroatoms. The van der Waals surface area contributed by atoms with Crippen molar-refractivity contribution in [2.75, 3.05) is 6.26 Å². The summed E-state index contributed by atoms with van der Waals surface area (Å²) in [6, 6.07) is 0. The Bertz CT molecular complexity index is 99.2. The molecule has 12 heavy (non-hydrogen) atoms. The maximum atomic E-state index is 3.73.